The van der Waals surface area contributed by atoms with Crippen LogP contribution in [0.4, 0.5) is 0 Å². The van der Waals surface area contributed by atoms with Gasteiger partial charge in [-0.3, -0.25) is 0 Å². The molecule has 2 nitrogen and oxygen atoms in total. The molecule has 2 aromatic rings. The van der Waals surface area contributed by atoms with Gasteiger partial charge in [-0.25, -0.2) is 0 Å². The predicted octanol–water partition coefficient (Wildman–Crippen LogP) is 4.53. The number of halogens is 1. The van der Waals surface area contributed by atoms with Crippen molar-refractivity contribution in [3.05, 3.63) is 52.4 Å². The number of furan rings is 1. The average molecular weight is 326 g/mol. The minimum atomic E-state index is 0.0273. The second-order valence-corrected chi connectivity index (χ2v) is 6.43. The van der Waals surface area contributed by atoms with Gasteiger partial charge in [-0.15, -0.1) is 11.8 Å². The normalized spacial score (nSPS) is 14.4. The third-order valence-corrected chi connectivity index (χ3v) is 4.51. The molecule has 0 spiro atoms. The Balaban J connectivity index is 2.22. The van der Waals surface area contributed by atoms with E-state index in [1.54, 1.807) is 11.8 Å². The first-order chi connectivity index (χ1) is 8.56. The minimum Gasteiger partial charge on any atom is -0.465 e. The Morgan fingerprint density at radius 1 is 1.28 bits per heavy atom. The molecule has 0 saturated heterocycles. The van der Waals surface area contributed by atoms with Crippen LogP contribution >= 0.6 is 27.7 Å². The first-order valence-electron chi connectivity index (χ1n) is 5.80. The summed E-state index contributed by atoms with van der Waals surface area (Å²) in [5.74, 6) is 1.86. The highest BCUT2D eigenvalue weighted by atomic mass is 79.9. The van der Waals surface area contributed by atoms with E-state index >= 15 is 0 Å². The lowest BCUT2D eigenvalue weighted by atomic mass is 10.2. The lowest BCUT2D eigenvalue weighted by Crippen LogP contribution is -2.22. The quantitative estimate of drug-likeness (QED) is 0.839. The van der Waals surface area contributed by atoms with E-state index in [0.717, 1.165) is 16.0 Å². The highest BCUT2D eigenvalue weighted by molar-refractivity contribution is 9.10. The van der Waals surface area contributed by atoms with Gasteiger partial charge < -0.3 is 10.2 Å². The van der Waals surface area contributed by atoms with Gasteiger partial charge in [0.25, 0.3) is 0 Å². The number of nitrogens with two attached hydrogens (primary N) is 1. The molecule has 2 unspecified atom stereocenters. The second-order valence-electron chi connectivity index (χ2n) is 4.30. The van der Waals surface area contributed by atoms with Crippen LogP contribution in [0.25, 0.3) is 0 Å². The Labute approximate surface area is 120 Å². The molecule has 0 aliphatic heterocycles. The zero-order valence-electron chi connectivity index (χ0n) is 10.4. The van der Waals surface area contributed by atoms with Gasteiger partial charge in [0.2, 0.25) is 0 Å². The summed E-state index contributed by atoms with van der Waals surface area (Å²) in [5.41, 5.74) is 6.07. The summed E-state index contributed by atoms with van der Waals surface area (Å²) in [6, 6.07) is 12.2. The number of rotatable bonds is 4. The SMILES string of the molecule is Cc1ccc(C(Sc2cccc(Br)c2)C(C)N)o1. The van der Waals surface area contributed by atoms with Crippen molar-refractivity contribution in [2.24, 2.45) is 5.73 Å². The maximum Gasteiger partial charge on any atom is 0.119 e. The fourth-order valence-corrected chi connectivity index (χ4v) is 3.37. The van der Waals surface area contributed by atoms with Crippen molar-refractivity contribution in [2.45, 2.75) is 30.0 Å². The van der Waals surface area contributed by atoms with Gasteiger partial charge in [0.05, 0.1) is 5.25 Å². The van der Waals surface area contributed by atoms with Gasteiger partial charge in [0.1, 0.15) is 11.5 Å². The molecule has 0 amide bonds. The molecule has 0 saturated carbocycles. The number of hydrogen-bond donors (Lipinski definition) is 1. The van der Waals surface area contributed by atoms with Gasteiger partial charge in [-0.2, -0.15) is 0 Å². The van der Waals surface area contributed by atoms with E-state index in [-0.39, 0.29) is 11.3 Å². The lowest BCUT2D eigenvalue weighted by Gasteiger charge is -2.18. The topological polar surface area (TPSA) is 39.2 Å². The molecule has 4 heteroatoms. The summed E-state index contributed by atoms with van der Waals surface area (Å²) in [5, 5.41) is 0.132. The molecule has 0 radical (unpaired) electrons. The van der Waals surface area contributed by atoms with E-state index in [0.29, 0.717) is 0 Å². The zero-order valence-corrected chi connectivity index (χ0v) is 12.8. The summed E-state index contributed by atoms with van der Waals surface area (Å²) in [6.45, 7) is 3.96. The fraction of sp³-hybridized carbons (Fsp3) is 0.286. The Hall–Kier alpha value is -0.710. The van der Waals surface area contributed by atoms with E-state index in [9.17, 15) is 0 Å². The smallest absolute Gasteiger partial charge is 0.119 e. The highest BCUT2D eigenvalue weighted by Crippen LogP contribution is 2.38. The van der Waals surface area contributed by atoms with Crippen LogP contribution in [0.15, 0.2) is 50.2 Å². The summed E-state index contributed by atoms with van der Waals surface area (Å²) in [6.07, 6.45) is 0. The van der Waals surface area contributed by atoms with E-state index in [1.807, 2.05) is 38.1 Å². The first kappa shape index (κ1) is 13.7. The maximum absolute atomic E-state index is 6.07. The standard InChI is InChI=1S/C14H16BrNOS/c1-9-6-7-13(17-9)14(10(2)16)18-12-5-3-4-11(15)8-12/h3-8,10,14H,16H2,1-2H3. The van der Waals surface area contributed by atoms with Crippen LogP contribution in [-0.2, 0) is 0 Å². The molecule has 1 aromatic heterocycles. The summed E-state index contributed by atoms with van der Waals surface area (Å²) in [7, 11) is 0. The van der Waals surface area contributed by atoms with Crippen molar-refractivity contribution < 1.29 is 4.42 Å². The van der Waals surface area contributed by atoms with Crippen LogP contribution in [0.3, 0.4) is 0 Å². The molecule has 0 fully saturated rings. The van der Waals surface area contributed by atoms with Crippen molar-refractivity contribution in [2.75, 3.05) is 0 Å². The molecule has 0 bridgehead atoms. The molecule has 18 heavy (non-hydrogen) atoms. The van der Waals surface area contributed by atoms with Crippen LogP contribution < -0.4 is 5.73 Å². The molecule has 0 aliphatic carbocycles. The molecular formula is C14H16BrNOS. The lowest BCUT2D eigenvalue weighted by molar-refractivity contribution is 0.465. The Kier molecular flexibility index (Phi) is 4.54. The third-order valence-electron chi connectivity index (χ3n) is 2.58. The van der Waals surface area contributed by atoms with Crippen molar-refractivity contribution in [3.8, 4) is 0 Å². The number of aryl methyl sites for hydroxylation is 1. The largest absolute Gasteiger partial charge is 0.465 e. The molecule has 1 heterocycles. The van der Waals surface area contributed by atoms with E-state index in [2.05, 4.69) is 28.1 Å². The Bertz CT molecular complexity index is 524. The monoisotopic (exact) mass is 325 g/mol. The third kappa shape index (κ3) is 3.40. The molecule has 2 N–H and O–H groups in total. The maximum atomic E-state index is 6.07. The summed E-state index contributed by atoms with van der Waals surface area (Å²) in [4.78, 5) is 1.18. The fourth-order valence-electron chi connectivity index (χ4n) is 1.72. The van der Waals surface area contributed by atoms with Crippen LogP contribution in [0, 0.1) is 6.92 Å². The molecular weight excluding hydrogens is 310 g/mol. The minimum absolute atomic E-state index is 0.0273. The number of benzene rings is 1. The number of hydrogen-bond acceptors (Lipinski definition) is 3. The van der Waals surface area contributed by atoms with Gasteiger partial charge >= 0.3 is 0 Å². The molecule has 1 aromatic carbocycles. The van der Waals surface area contributed by atoms with Crippen LogP contribution in [-0.4, -0.2) is 6.04 Å². The first-order valence-corrected chi connectivity index (χ1v) is 7.47. The van der Waals surface area contributed by atoms with Gasteiger partial charge in [-0.1, -0.05) is 22.0 Å². The second kappa shape index (κ2) is 5.95. The van der Waals surface area contributed by atoms with E-state index in [4.69, 9.17) is 10.2 Å². The van der Waals surface area contributed by atoms with Gasteiger partial charge in [0, 0.05) is 15.4 Å². The highest BCUT2D eigenvalue weighted by Gasteiger charge is 2.21. The van der Waals surface area contributed by atoms with Crippen molar-refractivity contribution in [3.63, 3.8) is 0 Å². The van der Waals surface area contributed by atoms with Crippen molar-refractivity contribution in [1.29, 1.82) is 0 Å². The number of thioether (sulfide) groups is 1. The molecule has 0 aliphatic rings. The zero-order chi connectivity index (χ0) is 13.1. The van der Waals surface area contributed by atoms with Crippen LogP contribution in [0.2, 0.25) is 0 Å². The predicted molar refractivity (Wildman–Crippen MR) is 79.8 cm³/mol. The van der Waals surface area contributed by atoms with Gasteiger partial charge in [-0.05, 0) is 44.2 Å². The average Bonchev–Trinajstić information content (AvgIpc) is 2.72. The molecule has 2 rings (SSSR count). The van der Waals surface area contributed by atoms with Gasteiger partial charge in [0.15, 0.2) is 0 Å². The summed E-state index contributed by atoms with van der Waals surface area (Å²) < 4.78 is 6.77. The molecule has 2 atom stereocenters. The van der Waals surface area contributed by atoms with E-state index in [1.165, 1.54) is 4.90 Å². The van der Waals surface area contributed by atoms with E-state index < -0.39 is 0 Å². The van der Waals surface area contributed by atoms with Crippen LogP contribution in [0.5, 0.6) is 0 Å². The van der Waals surface area contributed by atoms with Crippen molar-refractivity contribution >= 4 is 27.7 Å². The van der Waals surface area contributed by atoms with Crippen molar-refractivity contribution in [1.82, 2.24) is 0 Å². The molecule has 96 valence electrons. The Morgan fingerprint density at radius 2 is 2.06 bits per heavy atom. The Morgan fingerprint density at radius 3 is 2.61 bits per heavy atom. The summed E-state index contributed by atoms with van der Waals surface area (Å²) >= 11 is 5.21. The van der Waals surface area contributed by atoms with Crippen LogP contribution in [0.1, 0.15) is 23.7 Å².